The third-order valence-corrected chi connectivity index (χ3v) is 11.8. The Morgan fingerprint density at radius 1 is 0.788 bits per heavy atom. The van der Waals surface area contributed by atoms with Gasteiger partial charge < -0.3 is 0 Å². The molecule has 2 aliphatic rings. The van der Waals surface area contributed by atoms with E-state index in [1.165, 1.54) is 57.8 Å². The lowest BCUT2D eigenvalue weighted by atomic mass is 9.76. The lowest BCUT2D eigenvalue weighted by molar-refractivity contribution is -0.142. The number of hydrogen-bond acceptors (Lipinski definition) is 0. The first kappa shape index (κ1) is 26.7. The van der Waals surface area contributed by atoms with E-state index in [0.29, 0.717) is 11.5 Å². The molecule has 1 aliphatic carbocycles. The Morgan fingerprint density at radius 3 is 1.85 bits per heavy atom. The van der Waals surface area contributed by atoms with Crippen molar-refractivity contribution in [1.82, 2.24) is 0 Å². The molecule has 0 amide bonds. The summed E-state index contributed by atoms with van der Waals surface area (Å²) in [5, 5.41) is 0. The lowest BCUT2D eigenvalue weighted by Gasteiger charge is -2.30. The second kappa shape index (κ2) is 12.7. The van der Waals surface area contributed by atoms with E-state index < -0.39 is 32.2 Å². The molecule has 0 N–H and O–H groups in total. The quantitative estimate of drug-likeness (QED) is 0.175. The van der Waals surface area contributed by atoms with E-state index in [9.17, 15) is 22.0 Å². The Hall–Kier alpha value is -0.913. The number of rotatable bonds is 10. The van der Waals surface area contributed by atoms with Crippen molar-refractivity contribution in [2.75, 3.05) is 0 Å². The van der Waals surface area contributed by atoms with Crippen molar-refractivity contribution >= 4 is 8.80 Å². The molecule has 0 nitrogen and oxygen atoms in total. The van der Waals surface area contributed by atoms with Gasteiger partial charge in [0.15, 0.2) is 0 Å². The normalized spacial score (nSPS) is 26.5. The number of hydrogen-bond donors (Lipinski definition) is 0. The Morgan fingerprint density at radius 2 is 1.33 bits per heavy atom. The molecule has 1 saturated heterocycles. The average Bonchev–Trinajstić information content (AvgIpc) is 2.77. The zero-order valence-electron chi connectivity index (χ0n) is 20.2. The minimum absolute atomic E-state index is 0.0378. The maximum absolute atomic E-state index is 13.9. The Bertz CT molecular complexity index is 693. The third kappa shape index (κ3) is 8.07. The van der Waals surface area contributed by atoms with Gasteiger partial charge in [-0.05, 0) is 61.1 Å². The Kier molecular flexibility index (Phi) is 10.3. The molecule has 0 bridgehead atoms. The van der Waals surface area contributed by atoms with Crippen LogP contribution < -0.4 is 0 Å². The number of halogens is 5. The summed E-state index contributed by atoms with van der Waals surface area (Å²) < 4.78 is 66.3. The van der Waals surface area contributed by atoms with Crippen LogP contribution in [-0.2, 0) is 6.18 Å². The second-order valence-electron chi connectivity index (χ2n) is 10.7. The molecule has 33 heavy (non-hydrogen) atoms. The molecule has 0 atom stereocenters. The van der Waals surface area contributed by atoms with E-state index in [1.807, 2.05) is 0 Å². The topological polar surface area (TPSA) is 0 Å². The van der Waals surface area contributed by atoms with Crippen molar-refractivity contribution in [3.05, 3.63) is 34.9 Å². The molecule has 0 unspecified atom stereocenters. The monoisotopic (exact) mass is 488 g/mol. The predicted molar refractivity (Wildman–Crippen MR) is 128 cm³/mol. The van der Waals surface area contributed by atoms with Crippen molar-refractivity contribution in [3.63, 3.8) is 0 Å². The van der Waals surface area contributed by atoms with E-state index in [4.69, 9.17) is 0 Å². The van der Waals surface area contributed by atoms with Crippen LogP contribution in [0.4, 0.5) is 22.0 Å². The van der Waals surface area contributed by atoms with Gasteiger partial charge in [0.1, 0.15) is 17.2 Å². The summed E-state index contributed by atoms with van der Waals surface area (Å²) in [6, 6.07) is 6.48. The van der Waals surface area contributed by atoms with Crippen LogP contribution in [0.25, 0.3) is 0 Å². The highest BCUT2D eigenvalue weighted by Crippen LogP contribution is 2.41. The highest BCUT2D eigenvalue weighted by atomic mass is 28.3. The van der Waals surface area contributed by atoms with Gasteiger partial charge in [-0.25, -0.2) is 8.78 Å². The van der Waals surface area contributed by atoms with Crippen molar-refractivity contribution in [3.8, 4) is 0 Å². The minimum Gasteiger partial charge on any atom is -0.206 e. The van der Waals surface area contributed by atoms with E-state index in [0.717, 1.165) is 43.7 Å². The molecule has 0 radical (unpaired) electrons. The summed E-state index contributed by atoms with van der Waals surface area (Å²) >= 11 is 0. The van der Waals surface area contributed by atoms with Crippen LogP contribution in [0.3, 0.4) is 0 Å². The SMILES string of the molecule is CCCCC[SiH]1CCC(CCCC[C@H]2CC[C@H](c3cc(F)c(C(F)(F)F)c(F)c3)CC2)CC1. The Balaban J connectivity index is 1.32. The molecule has 2 fully saturated rings. The van der Waals surface area contributed by atoms with Gasteiger partial charge >= 0.3 is 6.18 Å². The molecule has 188 valence electrons. The number of alkyl halides is 3. The van der Waals surface area contributed by atoms with Crippen LogP contribution in [0.5, 0.6) is 0 Å². The minimum atomic E-state index is -5.00. The molecule has 0 spiro atoms. The largest absolute Gasteiger partial charge is 0.422 e. The fourth-order valence-corrected chi connectivity index (χ4v) is 9.86. The summed E-state index contributed by atoms with van der Waals surface area (Å²) in [4.78, 5) is 0. The van der Waals surface area contributed by atoms with Crippen molar-refractivity contribution in [1.29, 1.82) is 0 Å². The number of unbranched alkanes of at least 4 members (excludes halogenated alkanes) is 3. The molecule has 1 saturated carbocycles. The molecule has 1 aromatic carbocycles. The van der Waals surface area contributed by atoms with E-state index in [2.05, 4.69) is 6.92 Å². The van der Waals surface area contributed by atoms with Crippen LogP contribution >= 0.6 is 0 Å². The van der Waals surface area contributed by atoms with Gasteiger partial charge in [0.05, 0.1) is 0 Å². The van der Waals surface area contributed by atoms with Gasteiger partial charge in [0.2, 0.25) is 0 Å². The fraction of sp³-hybridized carbons (Fsp3) is 0.778. The highest BCUT2D eigenvalue weighted by Gasteiger charge is 2.38. The first-order chi connectivity index (χ1) is 15.8. The summed E-state index contributed by atoms with van der Waals surface area (Å²) in [6.45, 7) is 2.28. The first-order valence-electron chi connectivity index (χ1n) is 13.3. The van der Waals surface area contributed by atoms with E-state index in [1.54, 1.807) is 18.1 Å². The standard InChI is InChI=1S/C27H41F5Si/c1-2-3-6-15-33-16-13-21(14-17-33)8-5-4-7-20-9-11-22(12-10-20)23-18-24(28)26(25(29)19-23)27(30,31)32/h18-22,33H,2-17H2,1H3/t20-,21?,22-,33?. The zero-order valence-corrected chi connectivity index (χ0v) is 21.3. The van der Waals surface area contributed by atoms with E-state index >= 15 is 0 Å². The number of benzene rings is 1. The van der Waals surface area contributed by atoms with Crippen LogP contribution in [-0.4, -0.2) is 8.80 Å². The smallest absolute Gasteiger partial charge is 0.206 e. The zero-order chi connectivity index (χ0) is 23.8. The maximum Gasteiger partial charge on any atom is 0.422 e. The summed E-state index contributed by atoms with van der Waals surface area (Å²) in [5.41, 5.74) is -1.39. The van der Waals surface area contributed by atoms with Gasteiger partial charge in [0.25, 0.3) is 0 Å². The summed E-state index contributed by atoms with van der Waals surface area (Å²) in [7, 11) is -0.413. The van der Waals surface area contributed by atoms with Crippen molar-refractivity contribution < 1.29 is 22.0 Å². The van der Waals surface area contributed by atoms with Crippen molar-refractivity contribution in [2.24, 2.45) is 11.8 Å². The molecule has 1 aliphatic heterocycles. The van der Waals surface area contributed by atoms with Gasteiger partial charge in [-0.2, -0.15) is 13.2 Å². The molecular weight excluding hydrogens is 447 g/mol. The molecule has 3 rings (SSSR count). The van der Waals surface area contributed by atoms with Gasteiger partial charge in [0, 0.05) is 8.80 Å². The third-order valence-electron chi connectivity index (χ3n) is 8.32. The predicted octanol–water partition coefficient (Wildman–Crippen LogP) is 9.65. The van der Waals surface area contributed by atoms with Crippen LogP contribution in [0, 0.1) is 23.5 Å². The average molecular weight is 489 g/mol. The fourth-order valence-electron chi connectivity index (χ4n) is 6.24. The molecule has 6 heteroatoms. The van der Waals surface area contributed by atoms with Gasteiger partial charge in [-0.15, -0.1) is 0 Å². The van der Waals surface area contributed by atoms with E-state index in [-0.39, 0.29) is 5.92 Å². The molecular formula is C27H41F5Si. The second-order valence-corrected chi connectivity index (χ2v) is 14.2. The Labute approximate surface area is 198 Å². The molecule has 1 heterocycles. The summed E-state index contributed by atoms with van der Waals surface area (Å²) in [6.07, 6.45) is 10.9. The van der Waals surface area contributed by atoms with Gasteiger partial charge in [-0.3, -0.25) is 0 Å². The van der Waals surface area contributed by atoms with Crippen LogP contribution in [0.1, 0.15) is 107 Å². The van der Waals surface area contributed by atoms with Crippen LogP contribution in [0.2, 0.25) is 18.1 Å². The maximum atomic E-state index is 13.9. The van der Waals surface area contributed by atoms with Crippen LogP contribution in [0.15, 0.2) is 12.1 Å². The van der Waals surface area contributed by atoms with Gasteiger partial charge in [-0.1, -0.05) is 82.8 Å². The van der Waals surface area contributed by atoms with Crippen molar-refractivity contribution in [2.45, 2.75) is 121 Å². The summed E-state index contributed by atoms with van der Waals surface area (Å²) in [5.74, 6) is -1.42. The highest BCUT2D eigenvalue weighted by molar-refractivity contribution is 6.58. The lowest BCUT2D eigenvalue weighted by Crippen LogP contribution is -2.21. The molecule has 1 aromatic rings. The molecule has 0 aromatic heterocycles. The first-order valence-corrected chi connectivity index (χ1v) is 15.8.